The third-order valence-corrected chi connectivity index (χ3v) is 6.18. The van der Waals surface area contributed by atoms with Gasteiger partial charge in [0.1, 0.15) is 0 Å². The van der Waals surface area contributed by atoms with Crippen LogP contribution in [0.4, 0.5) is 17.1 Å². The Kier molecular flexibility index (Phi) is 8.72. The van der Waals surface area contributed by atoms with E-state index in [0.29, 0.717) is 12.8 Å². The van der Waals surface area contributed by atoms with Crippen LogP contribution in [0.15, 0.2) is 48.5 Å². The number of fused-ring (bicyclic) bond motifs is 1. The first kappa shape index (κ1) is 23.8. The van der Waals surface area contributed by atoms with Crippen molar-refractivity contribution in [3.63, 3.8) is 0 Å². The zero-order chi connectivity index (χ0) is 22.9. The summed E-state index contributed by atoms with van der Waals surface area (Å²) in [6.07, 6.45) is 7.65. The van der Waals surface area contributed by atoms with Gasteiger partial charge in [0, 0.05) is 35.9 Å². The zero-order valence-electron chi connectivity index (χ0n) is 19.7. The molecule has 0 aliphatic carbocycles. The maximum absolute atomic E-state index is 12.5. The molecular weight excluding hydrogens is 398 g/mol. The van der Waals surface area contributed by atoms with E-state index in [1.54, 1.807) is 0 Å². The second kappa shape index (κ2) is 11.7. The number of anilines is 3. The van der Waals surface area contributed by atoms with E-state index in [-0.39, 0.29) is 23.9 Å². The van der Waals surface area contributed by atoms with Gasteiger partial charge < -0.3 is 15.5 Å². The third kappa shape index (κ3) is 6.12. The summed E-state index contributed by atoms with van der Waals surface area (Å²) in [5, 5.41) is 6.63. The highest BCUT2D eigenvalue weighted by atomic mass is 16.2. The molecule has 1 aliphatic heterocycles. The Labute approximate surface area is 192 Å². The molecule has 0 unspecified atom stereocenters. The number of hydrogen-bond acceptors (Lipinski definition) is 3. The van der Waals surface area contributed by atoms with Crippen molar-refractivity contribution in [2.75, 3.05) is 15.5 Å². The average Bonchev–Trinajstić information content (AvgIpc) is 2.80. The molecule has 1 aliphatic rings. The highest BCUT2D eigenvalue weighted by molar-refractivity contribution is 5.95. The van der Waals surface area contributed by atoms with Gasteiger partial charge in [0.25, 0.3) is 0 Å². The fourth-order valence-electron chi connectivity index (χ4n) is 4.46. The summed E-state index contributed by atoms with van der Waals surface area (Å²) in [4.78, 5) is 26.6. The predicted octanol–water partition coefficient (Wildman–Crippen LogP) is 6.67. The summed E-state index contributed by atoms with van der Waals surface area (Å²) in [6, 6.07) is 16.3. The molecule has 172 valence electrons. The minimum atomic E-state index is 0.0814. The molecule has 2 aromatic carbocycles. The van der Waals surface area contributed by atoms with Gasteiger partial charge in [-0.1, -0.05) is 57.7 Å². The second-order valence-corrected chi connectivity index (χ2v) is 8.75. The number of nitrogens with one attached hydrogen (secondary N) is 2. The van der Waals surface area contributed by atoms with Crippen LogP contribution in [-0.2, 0) is 9.59 Å². The molecule has 0 fully saturated rings. The normalized spacial score (nSPS) is 17.5. The van der Waals surface area contributed by atoms with E-state index in [1.807, 2.05) is 54.3 Å². The molecule has 0 spiro atoms. The summed E-state index contributed by atoms with van der Waals surface area (Å²) >= 11 is 0. The van der Waals surface area contributed by atoms with E-state index in [9.17, 15) is 9.59 Å². The second-order valence-electron chi connectivity index (χ2n) is 8.75. The molecule has 2 atom stereocenters. The van der Waals surface area contributed by atoms with Gasteiger partial charge >= 0.3 is 0 Å². The quantitative estimate of drug-likeness (QED) is 0.410. The summed E-state index contributed by atoms with van der Waals surface area (Å²) in [5.74, 6) is 0.242. The number of amides is 2. The van der Waals surface area contributed by atoms with Crippen molar-refractivity contribution >= 4 is 28.9 Å². The maximum atomic E-state index is 12.5. The SMILES string of the molecule is CCCCCCCC(=O)Nc1ccc(N[C@@H]2C[C@H](C)N(C(=O)CC)c3ccccc32)cc1. The van der Waals surface area contributed by atoms with Crippen molar-refractivity contribution < 1.29 is 9.59 Å². The minimum Gasteiger partial charge on any atom is -0.378 e. The molecule has 0 saturated carbocycles. The predicted molar refractivity (Wildman–Crippen MR) is 133 cm³/mol. The first-order valence-electron chi connectivity index (χ1n) is 12.1. The van der Waals surface area contributed by atoms with Gasteiger partial charge in [-0.15, -0.1) is 0 Å². The van der Waals surface area contributed by atoms with Crippen LogP contribution in [0.5, 0.6) is 0 Å². The molecule has 2 N–H and O–H groups in total. The summed E-state index contributed by atoms with van der Waals surface area (Å²) in [5.41, 5.74) is 3.97. The molecule has 2 amide bonds. The molecular formula is C27H37N3O2. The lowest BCUT2D eigenvalue weighted by molar-refractivity contribution is -0.119. The van der Waals surface area contributed by atoms with Gasteiger partial charge in [-0.2, -0.15) is 0 Å². The van der Waals surface area contributed by atoms with Crippen LogP contribution in [-0.4, -0.2) is 17.9 Å². The van der Waals surface area contributed by atoms with Crippen molar-refractivity contribution in [2.45, 2.75) is 84.2 Å². The number of nitrogens with zero attached hydrogens (tertiary/aromatic N) is 1. The molecule has 0 radical (unpaired) electrons. The van der Waals surface area contributed by atoms with E-state index in [0.717, 1.165) is 41.9 Å². The molecule has 2 aromatic rings. The van der Waals surface area contributed by atoms with Crippen LogP contribution in [0.2, 0.25) is 0 Å². The lowest BCUT2D eigenvalue weighted by atomic mass is 9.91. The topological polar surface area (TPSA) is 61.4 Å². The smallest absolute Gasteiger partial charge is 0.226 e. The zero-order valence-corrected chi connectivity index (χ0v) is 19.7. The monoisotopic (exact) mass is 435 g/mol. The van der Waals surface area contributed by atoms with E-state index in [4.69, 9.17) is 0 Å². The van der Waals surface area contributed by atoms with Crippen LogP contribution < -0.4 is 15.5 Å². The fourth-order valence-corrected chi connectivity index (χ4v) is 4.46. The molecule has 0 aromatic heterocycles. The van der Waals surface area contributed by atoms with Crippen LogP contribution in [0, 0.1) is 0 Å². The van der Waals surface area contributed by atoms with Crippen LogP contribution in [0.25, 0.3) is 0 Å². The lowest BCUT2D eigenvalue weighted by Gasteiger charge is -2.40. The molecule has 5 heteroatoms. The van der Waals surface area contributed by atoms with Crippen LogP contribution in [0.1, 0.15) is 83.7 Å². The maximum Gasteiger partial charge on any atom is 0.226 e. The van der Waals surface area contributed by atoms with E-state index < -0.39 is 0 Å². The number of para-hydroxylation sites is 1. The van der Waals surface area contributed by atoms with E-state index in [2.05, 4.69) is 30.5 Å². The Hall–Kier alpha value is -2.82. The number of carbonyl (C=O) groups is 2. The number of carbonyl (C=O) groups excluding carboxylic acids is 2. The Morgan fingerprint density at radius 1 is 0.938 bits per heavy atom. The van der Waals surface area contributed by atoms with E-state index in [1.165, 1.54) is 19.3 Å². The lowest BCUT2D eigenvalue weighted by Crippen LogP contribution is -2.44. The first-order valence-corrected chi connectivity index (χ1v) is 12.1. The summed E-state index contributed by atoms with van der Waals surface area (Å²) < 4.78 is 0. The van der Waals surface area contributed by atoms with Crippen molar-refractivity contribution in [1.29, 1.82) is 0 Å². The number of hydrogen-bond donors (Lipinski definition) is 2. The molecule has 0 saturated heterocycles. The molecule has 3 rings (SSSR count). The van der Waals surface area contributed by atoms with Gasteiger partial charge in [-0.25, -0.2) is 0 Å². The minimum absolute atomic E-state index is 0.0814. The Morgan fingerprint density at radius 2 is 1.62 bits per heavy atom. The van der Waals surface area contributed by atoms with Gasteiger partial charge in [0.2, 0.25) is 11.8 Å². The van der Waals surface area contributed by atoms with Gasteiger partial charge in [0.15, 0.2) is 0 Å². The third-order valence-electron chi connectivity index (χ3n) is 6.18. The Balaban J connectivity index is 1.60. The molecule has 0 bridgehead atoms. The van der Waals surface area contributed by atoms with Gasteiger partial charge in [0.05, 0.1) is 6.04 Å². The number of rotatable bonds is 10. The van der Waals surface area contributed by atoms with Crippen molar-refractivity contribution in [3.05, 3.63) is 54.1 Å². The highest BCUT2D eigenvalue weighted by Crippen LogP contribution is 2.39. The van der Waals surface area contributed by atoms with Crippen molar-refractivity contribution in [3.8, 4) is 0 Å². The Bertz CT molecular complexity index is 894. The fraction of sp³-hybridized carbons (Fsp3) is 0.481. The van der Waals surface area contributed by atoms with E-state index >= 15 is 0 Å². The molecule has 32 heavy (non-hydrogen) atoms. The standard InChI is InChI=1S/C27H37N3O2/c1-4-6-7-8-9-14-26(31)29-22-17-15-21(16-18-22)28-24-19-20(3)30(27(32)5-2)25-13-11-10-12-23(24)25/h10-13,15-18,20,24,28H,4-9,14,19H2,1-3H3,(H,29,31)/t20-,24+/m0/s1. The molecule has 1 heterocycles. The average molecular weight is 436 g/mol. The highest BCUT2D eigenvalue weighted by Gasteiger charge is 2.32. The number of unbranched alkanes of at least 4 members (excludes halogenated alkanes) is 4. The van der Waals surface area contributed by atoms with Crippen LogP contribution in [0.3, 0.4) is 0 Å². The first-order chi connectivity index (χ1) is 15.5. The summed E-state index contributed by atoms with van der Waals surface area (Å²) in [7, 11) is 0. The Morgan fingerprint density at radius 3 is 2.34 bits per heavy atom. The van der Waals surface area contributed by atoms with Crippen molar-refractivity contribution in [2.24, 2.45) is 0 Å². The number of benzene rings is 2. The molecule has 5 nitrogen and oxygen atoms in total. The van der Waals surface area contributed by atoms with Crippen molar-refractivity contribution in [1.82, 2.24) is 0 Å². The largest absolute Gasteiger partial charge is 0.378 e. The van der Waals surface area contributed by atoms with Gasteiger partial charge in [-0.3, -0.25) is 9.59 Å². The van der Waals surface area contributed by atoms with Crippen LogP contribution >= 0.6 is 0 Å². The summed E-state index contributed by atoms with van der Waals surface area (Å²) in [6.45, 7) is 6.22. The van der Waals surface area contributed by atoms with Gasteiger partial charge in [-0.05, 0) is 55.7 Å².